The number of benzene rings is 1. The summed E-state index contributed by atoms with van der Waals surface area (Å²) in [6.07, 6.45) is 5.12. The lowest BCUT2D eigenvalue weighted by atomic mass is 10.2. The van der Waals surface area contributed by atoms with E-state index in [0.29, 0.717) is 11.6 Å². The number of aromatic nitrogens is 3. The quantitative estimate of drug-likeness (QED) is 0.531. The van der Waals surface area contributed by atoms with E-state index in [1.54, 1.807) is 42.9 Å². The van der Waals surface area contributed by atoms with Crippen LogP contribution in [0.25, 0.3) is 11.3 Å². The van der Waals surface area contributed by atoms with Gasteiger partial charge >= 0.3 is 0 Å². The number of anilines is 3. The Balaban J connectivity index is 1.84. The zero-order chi connectivity index (χ0) is 19.1. The summed E-state index contributed by atoms with van der Waals surface area (Å²) in [6, 6.07) is 14.4. The van der Waals surface area contributed by atoms with Crippen molar-refractivity contribution in [2.75, 3.05) is 10.7 Å². The molecule has 8 nitrogen and oxygen atoms in total. The average Bonchev–Trinajstić information content (AvgIpc) is 2.72. The molecule has 130 valence electrons. The maximum Gasteiger partial charge on any atom is 0.237 e. The molecule has 0 spiro atoms. The van der Waals surface area contributed by atoms with E-state index in [2.05, 4.69) is 30.8 Å². The van der Waals surface area contributed by atoms with Crippen molar-refractivity contribution < 1.29 is 0 Å². The number of nitrogens with zero attached hydrogens (tertiary/aromatic N) is 6. The Morgan fingerprint density at radius 3 is 2.70 bits per heavy atom. The Kier molecular flexibility index (Phi) is 5.31. The third-order valence-corrected chi connectivity index (χ3v) is 3.61. The molecule has 0 aliphatic heterocycles. The minimum absolute atomic E-state index is 0.252. The topological polar surface area (TPSA) is 123 Å². The second kappa shape index (κ2) is 8.19. The van der Waals surface area contributed by atoms with E-state index < -0.39 is 0 Å². The number of hydrazone groups is 1. The smallest absolute Gasteiger partial charge is 0.237 e. The molecule has 0 amide bonds. The fourth-order valence-corrected chi connectivity index (χ4v) is 2.24. The number of aryl methyl sites for hydroxylation is 1. The van der Waals surface area contributed by atoms with E-state index >= 15 is 0 Å². The Bertz CT molecular complexity index is 1050. The van der Waals surface area contributed by atoms with Gasteiger partial charge in [0.05, 0.1) is 11.4 Å². The van der Waals surface area contributed by atoms with Crippen LogP contribution in [-0.4, -0.2) is 20.7 Å². The van der Waals surface area contributed by atoms with Gasteiger partial charge in [-0.15, -0.1) is 0 Å². The average molecular weight is 354 g/mol. The Morgan fingerprint density at radius 2 is 1.96 bits per heavy atom. The van der Waals surface area contributed by atoms with Gasteiger partial charge in [0.15, 0.2) is 0 Å². The van der Waals surface area contributed by atoms with Crippen LogP contribution in [-0.2, 0) is 0 Å². The van der Waals surface area contributed by atoms with Crippen LogP contribution in [0.2, 0.25) is 0 Å². The zero-order valence-corrected chi connectivity index (χ0v) is 14.4. The summed E-state index contributed by atoms with van der Waals surface area (Å²) in [4.78, 5) is 12.9. The molecule has 0 unspecified atom stereocenters. The first kappa shape index (κ1) is 17.5. The molecule has 27 heavy (non-hydrogen) atoms. The molecule has 0 atom stereocenters. The van der Waals surface area contributed by atoms with E-state index in [-0.39, 0.29) is 5.71 Å². The minimum atomic E-state index is -0.252. The van der Waals surface area contributed by atoms with E-state index in [1.165, 1.54) is 0 Å². The fraction of sp³-hybridized carbons (Fsp3) is 0.0526. The summed E-state index contributed by atoms with van der Waals surface area (Å²) in [5, 5.41) is 24.4. The summed E-state index contributed by atoms with van der Waals surface area (Å²) < 4.78 is 0. The first-order valence-corrected chi connectivity index (χ1v) is 7.94. The zero-order valence-electron chi connectivity index (χ0n) is 14.4. The van der Waals surface area contributed by atoms with Crippen LogP contribution in [0.3, 0.4) is 0 Å². The second-order valence-electron chi connectivity index (χ2n) is 5.46. The molecule has 3 rings (SSSR count). The molecule has 0 radical (unpaired) electrons. The van der Waals surface area contributed by atoms with E-state index in [1.807, 2.05) is 31.2 Å². The van der Waals surface area contributed by atoms with Crippen LogP contribution < -0.4 is 10.7 Å². The maximum atomic E-state index is 8.74. The highest BCUT2D eigenvalue weighted by molar-refractivity contribution is 6.10. The van der Waals surface area contributed by atoms with Crippen LogP contribution in [0.5, 0.6) is 0 Å². The molecule has 2 aromatic heterocycles. The lowest BCUT2D eigenvalue weighted by Crippen LogP contribution is -2.01. The van der Waals surface area contributed by atoms with Gasteiger partial charge in [-0.3, -0.25) is 10.4 Å². The van der Waals surface area contributed by atoms with Crippen LogP contribution >= 0.6 is 0 Å². The largest absolute Gasteiger partial charge is 0.324 e. The van der Waals surface area contributed by atoms with E-state index in [4.69, 9.17) is 10.5 Å². The fourth-order valence-electron chi connectivity index (χ4n) is 2.24. The number of rotatable bonds is 5. The standard InChI is InChI=1S/C19H14N8/c1-13-4-5-15(26-27-16(10-20)11-21)9-18(13)25-19-23-8-6-17(24-19)14-3-2-7-22-12-14/h2-9,12,26H,1H3,(H,23,24,25). The van der Waals surface area contributed by atoms with Crippen molar-refractivity contribution in [2.24, 2.45) is 5.10 Å². The van der Waals surface area contributed by atoms with Crippen molar-refractivity contribution in [3.8, 4) is 23.4 Å². The first-order valence-electron chi connectivity index (χ1n) is 7.94. The molecule has 0 aliphatic rings. The van der Waals surface area contributed by atoms with E-state index in [9.17, 15) is 0 Å². The van der Waals surface area contributed by atoms with Crippen molar-refractivity contribution in [3.05, 3.63) is 60.6 Å². The van der Waals surface area contributed by atoms with Crippen molar-refractivity contribution >= 4 is 23.0 Å². The molecule has 2 N–H and O–H groups in total. The summed E-state index contributed by atoms with van der Waals surface area (Å²) in [5.74, 6) is 0.440. The first-order chi connectivity index (χ1) is 13.2. The minimum Gasteiger partial charge on any atom is -0.324 e. The van der Waals surface area contributed by atoms with Gasteiger partial charge in [0.25, 0.3) is 0 Å². The predicted molar refractivity (Wildman–Crippen MR) is 102 cm³/mol. The molecular weight excluding hydrogens is 340 g/mol. The van der Waals surface area contributed by atoms with Gasteiger partial charge < -0.3 is 5.32 Å². The highest BCUT2D eigenvalue weighted by Crippen LogP contribution is 2.24. The van der Waals surface area contributed by atoms with Crippen molar-refractivity contribution in [1.82, 2.24) is 15.0 Å². The molecule has 2 heterocycles. The Labute approximate surface area is 155 Å². The van der Waals surface area contributed by atoms with Gasteiger partial charge in [-0.2, -0.15) is 15.6 Å². The predicted octanol–water partition coefficient (Wildman–Crippen LogP) is 3.41. The van der Waals surface area contributed by atoms with Crippen molar-refractivity contribution in [1.29, 1.82) is 10.5 Å². The maximum absolute atomic E-state index is 8.74. The van der Waals surface area contributed by atoms with Crippen LogP contribution in [0.1, 0.15) is 5.56 Å². The number of hydrogen-bond acceptors (Lipinski definition) is 8. The molecule has 0 saturated carbocycles. The molecule has 0 aliphatic carbocycles. The lowest BCUT2D eigenvalue weighted by Gasteiger charge is -2.11. The number of nitrogens with one attached hydrogen (secondary N) is 2. The van der Waals surface area contributed by atoms with Crippen LogP contribution in [0.15, 0.2) is 60.1 Å². The van der Waals surface area contributed by atoms with Crippen LogP contribution in [0, 0.1) is 29.6 Å². The molecule has 0 fully saturated rings. The van der Waals surface area contributed by atoms with Gasteiger partial charge in [-0.25, -0.2) is 9.97 Å². The molecule has 1 aromatic carbocycles. The number of hydrogen-bond donors (Lipinski definition) is 2. The third kappa shape index (κ3) is 4.41. The Morgan fingerprint density at radius 1 is 1.11 bits per heavy atom. The van der Waals surface area contributed by atoms with Crippen LogP contribution in [0.4, 0.5) is 17.3 Å². The summed E-state index contributed by atoms with van der Waals surface area (Å²) >= 11 is 0. The SMILES string of the molecule is Cc1ccc(NN=C(C#N)C#N)cc1Nc1nccc(-c2cccnc2)n1. The highest BCUT2D eigenvalue weighted by atomic mass is 15.3. The second-order valence-corrected chi connectivity index (χ2v) is 5.46. The summed E-state index contributed by atoms with van der Waals surface area (Å²) in [5.41, 5.74) is 6.45. The van der Waals surface area contributed by atoms with E-state index in [0.717, 1.165) is 22.5 Å². The van der Waals surface area contributed by atoms with Gasteiger partial charge in [0.2, 0.25) is 11.7 Å². The molecule has 0 bridgehead atoms. The lowest BCUT2D eigenvalue weighted by molar-refractivity contribution is 1.16. The summed E-state index contributed by atoms with van der Waals surface area (Å²) in [6.45, 7) is 1.94. The van der Waals surface area contributed by atoms with Gasteiger partial charge in [0.1, 0.15) is 12.1 Å². The third-order valence-electron chi connectivity index (χ3n) is 3.61. The normalized spacial score (nSPS) is 9.59. The molecule has 3 aromatic rings. The monoisotopic (exact) mass is 354 g/mol. The molecular formula is C19H14N8. The highest BCUT2D eigenvalue weighted by Gasteiger charge is 2.06. The number of pyridine rings is 1. The van der Waals surface area contributed by atoms with Crippen molar-refractivity contribution in [2.45, 2.75) is 6.92 Å². The van der Waals surface area contributed by atoms with Gasteiger partial charge in [0, 0.05) is 29.8 Å². The summed E-state index contributed by atoms with van der Waals surface area (Å²) in [7, 11) is 0. The van der Waals surface area contributed by atoms with Gasteiger partial charge in [-0.1, -0.05) is 6.07 Å². The number of nitriles is 2. The van der Waals surface area contributed by atoms with Crippen molar-refractivity contribution in [3.63, 3.8) is 0 Å². The van der Waals surface area contributed by atoms with Gasteiger partial charge in [-0.05, 0) is 42.8 Å². The molecule has 0 saturated heterocycles. The Hall–Kier alpha value is -4.30. The molecule has 8 heteroatoms.